The minimum Gasteiger partial charge on any atom is -0.318 e. The Kier molecular flexibility index (Phi) is 5.20. The number of benzene rings is 2. The zero-order valence-corrected chi connectivity index (χ0v) is 17.2. The van der Waals surface area contributed by atoms with E-state index in [0.717, 1.165) is 17.1 Å². The molecule has 1 aromatic heterocycles. The fourth-order valence-corrected chi connectivity index (χ4v) is 3.68. The van der Waals surface area contributed by atoms with E-state index in [1.165, 1.54) is 13.0 Å². The molecule has 0 N–H and O–H groups in total. The average molecular weight is 445 g/mol. The van der Waals surface area contributed by atoms with Crippen molar-refractivity contribution in [2.75, 3.05) is 5.01 Å². The Balaban J connectivity index is 1.79. The van der Waals surface area contributed by atoms with Gasteiger partial charge in [-0.05, 0) is 50.6 Å². The molecule has 1 amide bonds. The van der Waals surface area contributed by atoms with Crippen LogP contribution in [0, 0.1) is 42.9 Å². The fourth-order valence-electron chi connectivity index (χ4n) is 3.68. The molecule has 4 rings (SSSR count). The van der Waals surface area contributed by atoms with Gasteiger partial charge >= 0.3 is 0 Å². The second-order valence-corrected chi connectivity index (χ2v) is 7.28. The average Bonchev–Trinajstić information content (AvgIpc) is 3.21. The van der Waals surface area contributed by atoms with Crippen molar-refractivity contribution >= 4 is 23.4 Å². The number of hydrogen-bond acceptors (Lipinski definition) is 2. The number of hydrazone groups is 1. The lowest BCUT2D eigenvalue weighted by molar-refractivity contribution is -0.114. The number of para-hydroxylation sites is 1. The summed E-state index contributed by atoms with van der Waals surface area (Å²) in [4.78, 5) is 12.9. The van der Waals surface area contributed by atoms with Crippen LogP contribution in [-0.4, -0.2) is 16.2 Å². The molecule has 2 heterocycles. The van der Waals surface area contributed by atoms with Gasteiger partial charge in [0.15, 0.2) is 23.3 Å². The summed E-state index contributed by atoms with van der Waals surface area (Å²) in [5.41, 5.74) is 1.84. The molecule has 4 nitrogen and oxygen atoms in total. The molecule has 0 atom stereocenters. The van der Waals surface area contributed by atoms with Gasteiger partial charge in [0.25, 0.3) is 5.91 Å². The van der Waals surface area contributed by atoms with Gasteiger partial charge < -0.3 is 4.57 Å². The first-order valence-electron chi connectivity index (χ1n) is 9.51. The zero-order valence-electron chi connectivity index (χ0n) is 17.2. The van der Waals surface area contributed by atoms with Gasteiger partial charge in [-0.3, -0.25) is 4.79 Å². The van der Waals surface area contributed by atoms with Gasteiger partial charge in [0.05, 0.1) is 11.3 Å². The highest BCUT2D eigenvalue weighted by Gasteiger charge is 2.37. The van der Waals surface area contributed by atoms with E-state index in [4.69, 9.17) is 0 Å². The highest BCUT2D eigenvalue weighted by atomic mass is 19.2. The number of aryl methyl sites for hydroxylation is 1. The molecular weight excluding hydrogens is 429 g/mol. The van der Waals surface area contributed by atoms with Gasteiger partial charge in [-0.2, -0.15) is 10.1 Å². The lowest BCUT2D eigenvalue weighted by atomic mass is 10.1. The Morgan fingerprint density at radius 1 is 0.844 bits per heavy atom. The summed E-state index contributed by atoms with van der Waals surface area (Å²) in [5, 5.41) is 3.96. The molecule has 2 aromatic carbocycles. The van der Waals surface area contributed by atoms with Crippen molar-refractivity contribution in [3.63, 3.8) is 0 Å². The summed E-state index contributed by atoms with van der Waals surface area (Å²) < 4.78 is 71.0. The van der Waals surface area contributed by atoms with E-state index in [1.54, 1.807) is 0 Å². The van der Waals surface area contributed by atoms with Crippen LogP contribution in [0.25, 0.3) is 11.8 Å². The lowest BCUT2D eigenvalue weighted by Gasteiger charge is -2.15. The topological polar surface area (TPSA) is 37.6 Å². The highest BCUT2D eigenvalue weighted by Crippen LogP contribution is 2.34. The Morgan fingerprint density at radius 2 is 1.41 bits per heavy atom. The molecular formula is C23H16F5N3O. The standard InChI is InChI=1S/C23H16F5N3O/c1-11-9-14(13(3)30(11)15-7-5-4-6-8-15)10-16-12(2)29-31(23(16)32)22-20(27)18(25)17(24)19(26)21(22)28/h4-10H,1-3H3/b16-10-. The number of amides is 1. The molecule has 0 saturated carbocycles. The predicted molar refractivity (Wildman–Crippen MR) is 110 cm³/mol. The van der Waals surface area contributed by atoms with Crippen LogP contribution < -0.4 is 5.01 Å². The maximum absolute atomic E-state index is 14.2. The highest BCUT2D eigenvalue weighted by molar-refractivity contribution is 6.32. The number of aromatic nitrogens is 1. The molecule has 0 fully saturated rings. The third-order valence-electron chi connectivity index (χ3n) is 5.25. The van der Waals surface area contributed by atoms with E-state index >= 15 is 0 Å². The van der Waals surface area contributed by atoms with Crippen LogP contribution in [0.2, 0.25) is 0 Å². The number of rotatable bonds is 3. The second kappa shape index (κ2) is 7.74. The number of anilines is 1. The Labute approximate surface area is 179 Å². The van der Waals surface area contributed by atoms with E-state index in [1.807, 2.05) is 54.8 Å². The van der Waals surface area contributed by atoms with Gasteiger partial charge in [0.1, 0.15) is 5.69 Å². The van der Waals surface area contributed by atoms with Crippen LogP contribution >= 0.6 is 0 Å². The number of hydrogen-bond donors (Lipinski definition) is 0. The molecule has 9 heteroatoms. The minimum atomic E-state index is -2.31. The monoisotopic (exact) mass is 445 g/mol. The van der Waals surface area contributed by atoms with Crippen molar-refractivity contribution in [2.24, 2.45) is 5.10 Å². The summed E-state index contributed by atoms with van der Waals surface area (Å²) in [6.07, 6.45) is 1.48. The predicted octanol–water partition coefficient (Wildman–Crippen LogP) is 5.60. The van der Waals surface area contributed by atoms with Gasteiger partial charge in [-0.1, -0.05) is 18.2 Å². The first kappa shape index (κ1) is 21.5. The van der Waals surface area contributed by atoms with Crippen molar-refractivity contribution in [1.82, 2.24) is 4.57 Å². The van der Waals surface area contributed by atoms with Gasteiger partial charge in [0, 0.05) is 17.1 Å². The van der Waals surface area contributed by atoms with E-state index < -0.39 is 40.7 Å². The fraction of sp³-hybridized carbons (Fsp3) is 0.130. The molecule has 0 saturated heterocycles. The lowest BCUT2D eigenvalue weighted by Crippen LogP contribution is -2.25. The number of halogens is 5. The third-order valence-corrected chi connectivity index (χ3v) is 5.25. The van der Waals surface area contributed by atoms with Gasteiger partial charge in [-0.15, -0.1) is 0 Å². The van der Waals surface area contributed by atoms with Crippen molar-refractivity contribution < 1.29 is 26.7 Å². The quantitative estimate of drug-likeness (QED) is 0.224. The van der Waals surface area contributed by atoms with E-state index in [2.05, 4.69) is 5.10 Å². The number of carbonyl (C=O) groups excluding carboxylic acids is 1. The van der Waals surface area contributed by atoms with E-state index in [0.29, 0.717) is 5.56 Å². The molecule has 0 unspecified atom stereocenters. The summed E-state index contributed by atoms with van der Waals surface area (Å²) in [6, 6.07) is 11.3. The first-order valence-corrected chi connectivity index (χ1v) is 9.51. The van der Waals surface area contributed by atoms with E-state index in [-0.39, 0.29) is 16.3 Å². The summed E-state index contributed by atoms with van der Waals surface area (Å²) in [7, 11) is 0. The van der Waals surface area contributed by atoms with Crippen molar-refractivity contribution in [1.29, 1.82) is 0 Å². The molecule has 0 radical (unpaired) electrons. The number of carbonyl (C=O) groups is 1. The van der Waals surface area contributed by atoms with Crippen LogP contribution in [0.4, 0.5) is 27.6 Å². The largest absolute Gasteiger partial charge is 0.318 e. The van der Waals surface area contributed by atoms with Gasteiger partial charge in [0.2, 0.25) is 5.82 Å². The maximum atomic E-state index is 14.2. The molecule has 0 bridgehead atoms. The molecule has 0 aliphatic carbocycles. The smallest absolute Gasteiger partial charge is 0.280 e. The molecule has 1 aliphatic heterocycles. The van der Waals surface area contributed by atoms with E-state index in [9.17, 15) is 26.7 Å². The second-order valence-electron chi connectivity index (χ2n) is 7.28. The zero-order chi connectivity index (χ0) is 23.3. The van der Waals surface area contributed by atoms with Crippen LogP contribution in [0.3, 0.4) is 0 Å². The Bertz CT molecular complexity index is 1300. The van der Waals surface area contributed by atoms with Crippen LogP contribution in [0.5, 0.6) is 0 Å². The molecule has 164 valence electrons. The van der Waals surface area contributed by atoms with Crippen molar-refractivity contribution in [2.45, 2.75) is 20.8 Å². The van der Waals surface area contributed by atoms with Crippen LogP contribution in [0.1, 0.15) is 23.9 Å². The Hall–Kier alpha value is -3.75. The molecule has 1 aliphatic rings. The van der Waals surface area contributed by atoms with Crippen LogP contribution in [0.15, 0.2) is 47.1 Å². The molecule has 3 aromatic rings. The Morgan fingerprint density at radius 3 is 2.00 bits per heavy atom. The van der Waals surface area contributed by atoms with Crippen molar-refractivity contribution in [3.05, 3.63) is 88.0 Å². The summed E-state index contributed by atoms with van der Waals surface area (Å²) in [5.74, 6) is -11.9. The molecule has 32 heavy (non-hydrogen) atoms. The van der Waals surface area contributed by atoms with Crippen molar-refractivity contribution in [3.8, 4) is 5.69 Å². The van der Waals surface area contributed by atoms with Crippen LogP contribution in [-0.2, 0) is 4.79 Å². The third kappa shape index (κ3) is 3.21. The summed E-state index contributed by atoms with van der Waals surface area (Å²) >= 11 is 0. The van der Waals surface area contributed by atoms with Gasteiger partial charge in [-0.25, -0.2) is 22.0 Å². The first-order chi connectivity index (χ1) is 15.1. The normalized spacial score (nSPS) is 15.1. The number of nitrogens with zero attached hydrogens (tertiary/aromatic N) is 3. The molecule has 0 spiro atoms. The maximum Gasteiger partial charge on any atom is 0.280 e. The SMILES string of the molecule is CC1=NN(c2c(F)c(F)c(F)c(F)c2F)C(=O)/C1=C\c1cc(C)n(-c2ccccc2)c1C. The summed E-state index contributed by atoms with van der Waals surface area (Å²) in [6.45, 7) is 5.12. The minimum absolute atomic E-state index is 0.0257.